The summed E-state index contributed by atoms with van der Waals surface area (Å²) in [5.41, 5.74) is 2.46. The van der Waals surface area contributed by atoms with Crippen molar-refractivity contribution in [3.63, 3.8) is 0 Å². The second kappa shape index (κ2) is 5.27. The zero-order valence-corrected chi connectivity index (χ0v) is 10.6. The Bertz CT molecular complexity index is 468. The number of halogens is 1. The molecule has 0 atom stereocenters. The van der Waals surface area contributed by atoms with Crippen molar-refractivity contribution < 1.29 is 4.42 Å². The third-order valence-electron chi connectivity index (χ3n) is 2.44. The number of hydrogen-bond acceptors (Lipinski definition) is 3. The van der Waals surface area contributed by atoms with Gasteiger partial charge < -0.3 is 9.73 Å². The number of aromatic nitrogens is 1. The van der Waals surface area contributed by atoms with Crippen LogP contribution in [0.5, 0.6) is 0 Å². The second-order valence-electron chi connectivity index (χ2n) is 3.60. The molecule has 0 aliphatic carbocycles. The molecule has 0 saturated carbocycles. The highest BCUT2D eigenvalue weighted by Gasteiger charge is 2.03. The van der Waals surface area contributed by atoms with Crippen LogP contribution in [0.25, 0.3) is 0 Å². The maximum absolute atomic E-state index is 5.31. The van der Waals surface area contributed by atoms with Crippen LogP contribution in [0.1, 0.15) is 16.9 Å². The SMILES string of the molecule is Cc1ccncc1CNCc1occc1Br. The average Bonchev–Trinajstić information content (AvgIpc) is 2.67. The van der Waals surface area contributed by atoms with Crippen LogP contribution in [-0.4, -0.2) is 4.98 Å². The fourth-order valence-corrected chi connectivity index (χ4v) is 1.79. The number of rotatable bonds is 4. The van der Waals surface area contributed by atoms with E-state index >= 15 is 0 Å². The van der Waals surface area contributed by atoms with Gasteiger partial charge in [0.15, 0.2) is 0 Å². The van der Waals surface area contributed by atoms with Gasteiger partial charge in [-0.3, -0.25) is 4.98 Å². The topological polar surface area (TPSA) is 38.1 Å². The number of aryl methyl sites for hydroxylation is 1. The Morgan fingerprint density at radius 2 is 2.25 bits per heavy atom. The van der Waals surface area contributed by atoms with E-state index in [1.807, 2.05) is 24.5 Å². The molecule has 0 saturated heterocycles. The van der Waals surface area contributed by atoms with E-state index in [2.05, 4.69) is 33.2 Å². The van der Waals surface area contributed by atoms with Crippen molar-refractivity contribution in [3.8, 4) is 0 Å². The average molecular weight is 281 g/mol. The first-order valence-corrected chi connectivity index (χ1v) is 5.89. The van der Waals surface area contributed by atoms with Crippen molar-refractivity contribution in [2.24, 2.45) is 0 Å². The minimum absolute atomic E-state index is 0.710. The molecular weight excluding hydrogens is 268 g/mol. The van der Waals surface area contributed by atoms with Crippen LogP contribution in [0, 0.1) is 6.92 Å². The Balaban J connectivity index is 1.89. The van der Waals surface area contributed by atoms with Crippen molar-refractivity contribution in [2.45, 2.75) is 20.0 Å². The second-order valence-corrected chi connectivity index (χ2v) is 4.45. The molecule has 0 unspecified atom stereocenters. The van der Waals surface area contributed by atoms with Crippen molar-refractivity contribution in [2.75, 3.05) is 0 Å². The number of pyridine rings is 1. The van der Waals surface area contributed by atoms with Gasteiger partial charge in [0, 0.05) is 18.9 Å². The molecule has 0 amide bonds. The molecule has 16 heavy (non-hydrogen) atoms. The zero-order valence-electron chi connectivity index (χ0n) is 9.03. The van der Waals surface area contributed by atoms with Crippen molar-refractivity contribution in [1.82, 2.24) is 10.3 Å². The van der Waals surface area contributed by atoms with E-state index < -0.39 is 0 Å². The van der Waals surface area contributed by atoms with E-state index in [0.717, 1.165) is 16.8 Å². The normalized spacial score (nSPS) is 10.6. The standard InChI is InChI=1S/C12H13BrN2O/c1-9-2-4-14-6-10(9)7-15-8-12-11(13)3-5-16-12/h2-6,15H,7-8H2,1H3. The minimum Gasteiger partial charge on any atom is -0.467 e. The molecule has 1 N–H and O–H groups in total. The summed E-state index contributed by atoms with van der Waals surface area (Å²) < 4.78 is 6.31. The van der Waals surface area contributed by atoms with Gasteiger partial charge in [-0.05, 0) is 46.1 Å². The summed E-state index contributed by atoms with van der Waals surface area (Å²) in [5.74, 6) is 0.918. The fraction of sp³-hybridized carbons (Fsp3) is 0.250. The Kier molecular flexibility index (Phi) is 3.74. The van der Waals surface area contributed by atoms with E-state index in [4.69, 9.17) is 4.42 Å². The lowest BCUT2D eigenvalue weighted by molar-refractivity contribution is 0.480. The molecule has 0 bridgehead atoms. The third-order valence-corrected chi connectivity index (χ3v) is 3.15. The highest BCUT2D eigenvalue weighted by atomic mass is 79.9. The molecule has 0 spiro atoms. The van der Waals surface area contributed by atoms with Crippen LogP contribution in [0.3, 0.4) is 0 Å². The van der Waals surface area contributed by atoms with Gasteiger partial charge in [0.1, 0.15) is 5.76 Å². The lowest BCUT2D eigenvalue weighted by Gasteiger charge is -2.05. The van der Waals surface area contributed by atoms with Crippen LogP contribution in [0.15, 0.2) is 39.7 Å². The van der Waals surface area contributed by atoms with Crippen LogP contribution in [-0.2, 0) is 13.1 Å². The first-order chi connectivity index (χ1) is 7.77. The number of nitrogens with one attached hydrogen (secondary N) is 1. The minimum atomic E-state index is 0.710. The fourth-order valence-electron chi connectivity index (χ4n) is 1.44. The Morgan fingerprint density at radius 1 is 1.38 bits per heavy atom. The van der Waals surface area contributed by atoms with E-state index in [-0.39, 0.29) is 0 Å². The van der Waals surface area contributed by atoms with Gasteiger partial charge in [0.05, 0.1) is 17.3 Å². The van der Waals surface area contributed by atoms with Crippen molar-refractivity contribution in [3.05, 3.63) is 52.1 Å². The van der Waals surface area contributed by atoms with E-state index in [0.29, 0.717) is 6.54 Å². The summed E-state index contributed by atoms with van der Waals surface area (Å²) in [6, 6.07) is 3.91. The monoisotopic (exact) mass is 280 g/mol. The van der Waals surface area contributed by atoms with Gasteiger partial charge in [-0.2, -0.15) is 0 Å². The molecule has 0 aliphatic heterocycles. The molecular formula is C12H13BrN2O. The highest BCUT2D eigenvalue weighted by molar-refractivity contribution is 9.10. The summed E-state index contributed by atoms with van der Waals surface area (Å²) in [6.45, 7) is 3.59. The molecule has 84 valence electrons. The quantitative estimate of drug-likeness (QED) is 0.936. The molecule has 0 aliphatic rings. The van der Waals surface area contributed by atoms with Gasteiger partial charge in [-0.1, -0.05) is 0 Å². The summed E-state index contributed by atoms with van der Waals surface area (Å²) in [6.07, 6.45) is 5.37. The van der Waals surface area contributed by atoms with Crippen LogP contribution in [0.4, 0.5) is 0 Å². The van der Waals surface area contributed by atoms with E-state index in [9.17, 15) is 0 Å². The smallest absolute Gasteiger partial charge is 0.131 e. The molecule has 2 rings (SSSR count). The molecule has 2 aromatic rings. The van der Waals surface area contributed by atoms with Gasteiger partial charge in [0.2, 0.25) is 0 Å². The summed E-state index contributed by atoms with van der Waals surface area (Å²) in [4.78, 5) is 4.11. The number of nitrogens with zero attached hydrogens (tertiary/aromatic N) is 1. The van der Waals surface area contributed by atoms with E-state index in [1.54, 1.807) is 6.26 Å². The predicted molar refractivity (Wildman–Crippen MR) is 65.9 cm³/mol. The van der Waals surface area contributed by atoms with Crippen molar-refractivity contribution >= 4 is 15.9 Å². The first kappa shape index (κ1) is 11.4. The maximum atomic E-state index is 5.31. The Hall–Kier alpha value is -1.13. The predicted octanol–water partition coefficient (Wildman–Crippen LogP) is 3.04. The lowest BCUT2D eigenvalue weighted by atomic mass is 10.1. The molecule has 2 aromatic heterocycles. The van der Waals surface area contributed by atoms with E-state index in [1.165, 1.54) is 11.1 Å². The number of hydrogen-bond donors (Lipinski definition) is 1. The van der Waals surface area contributed by atoms with Crippen LogP contribution >= 0.6 is 15.9 Å². The highest BCUT2D eigenvalue weighted by Crippen LogP contribution is 2.17. The third kappa shape index (κ3) is 2.71. The number of furan rings is 1. The van der Waals surface area contributed by atoms with Crippen LogP contribution < -0.4 is 5.32 Å². The van der Waals surface area contributed by atoms with Gasteiger partial charge >= 0.3 is 0 Å². The summed E-state index contributed by atoms with van der Waals surface area (Å²) in [7, 11) is 0. The lowest BCUT2D eigenvalue weighted by Crippen LogP contribution is -2.13. The Morgan fingerprint density at radius 3 is 2.94 bits per heavy atom. The van der Waals surface area contributed by atoms with Gasteiger partial charge in [-0.25, -0.2) is 0 Å². The Labute approximate surface area is 103 Å². The largest absolute Gasteiger partial charge is 0.467 e. The molecule has 0 radical (unpaired) electrons. The van der Waals surface area contributed by atoms with Crippen LogP contribution in [0.2, 0.25) is 0 Å². The molecule has 0 fully saturated rings. The first-order valence-electron chi connectivity index (χ1n) is 5.09. The molecule has 4 heteroatoms. The van der Waals surface area contributed by atoms with Gasteiger partial charge in [0.25, 0.3) is 0 Å². The summed E-state index contributed by atoms with van der Waals surface area (Å²) >= 11 is 3.42. The van der Waals surface area contributed by atoms with Gasteiger partial charge in [-0.15, -0.1) is 0 Å². The zero-order chi connectivity index (χ0) is 11.4. The molecule has 3 nitrogen and oxygen atoms in total. The molecule has 0 aromatic carbocycles. The molecule has 2 heterocycles. The maximum Gasteiger partial charge on any atom is 0.131 e. The summed E-state index contributed by atoms with van der Waals surface area (Å²) in [5, 5.41) is 3.32. The van der Waals surface area contributed by atoms with Crippen molar-refractivity contribution in [1.29, 1.82) is 0 Å².